The Morgan fingerprint density at radius 3 is 2.45 bits per heavy atom. The lowest BCUT2D eigenvalue weighted by atomic mass is 10.2. The van der Waals surface area contributed by atoms with Crippen LogP contribution in [0, 0.1) is 0 Å². The second kappa shape index (κ2) is 7.79. The summed E-state index contributed by atoms with van der Waals surface area (Å²) in [7, 11) is 1.61. The lowest BCUT2D eigenvalue weighted by Gasteiger charge is -2.36. The van der Waals surface area contributed by atoms with E-state index in [-0.39, 0.29) is 0 Å². The maximum atomic E-state index is 12.5. The number of aromatic amines is 1. The Morgan fingerprint density at radius 2 is 1.79 bits per heavy atom. The van der Waals surface area contributed by atoms with Gasteiger partial charge in [0, 0.05) is 50.5 Å². The molecule has 1 aromatic carbocycles. The van der Waals surface area contributed by atoms with Crippen molar-refractivity contribution in [1.29, 1.82) is 0 Å². The second-order valence-corrected chi connectivity index (χ2v) is 7.71. The van der Waals surface area contributed by atoms with Crippen LogP contribution in [-0.2, 0) is 13.6 Å². The molecular weight excluding hydrogens is 392 g/mol. The Labute approximate surface area is 172 Å². The molecule has 1 aliphatic rings. The second-order valence-electron chi connectivity index (χ2n) is 7.11. The topological polar surface area (TPSA) is 79.2 Å². The van der Waals surface area contributed by atoms with Crippen LogP contribution < -0.4 is 21.0 Å². The number of aromatic nitrogens is 4. The van der Waals surface area contributed by atoms with Crippen LogP contribution in [-0.4, -0.2) is 45.3 Å². The first-order valence-electron chi connectivity index (χ1n) is 9.52. The molecule has 8 nitrogen and oxygen atoms in total. The third-order valence-electron chi connectivity index (χ3n) is 5.23. The predicted molar refractivity (Wildman–Crippen MR) is 116 cm³/mol. The summed E-state index contributed by atoms with van der Waals surface area (Å²) in [6, 6.07) is 10.3. The van der Waals surface area contributed by atoms with Gasteiger partial charge < -0.3 is 14.4 Å². The lowest BCUT2D eigenvalue weighted by Crippen LogP contribution is -2.47. The Balaban J connectivity index is 1.72. The molecule has 0 saturated carbocycles. The molecule has 4 rings (SSSR count). The van der Waals surface area contributed by atoms with Gasteiger partial charge in [-0.2, -0.15) is 4.98 Å². The highest BCUT2D eigenvalue weighted by Crippen LogP contribution is 2.23. The molecule has 1 saturated heterocycles. The zero-order chi connectivity index (χ0) is 20.5. The SMILES string of the molecule is CC(Cl)=CCn1c(N2CCN(c3ccccc3)CC2)nc2c1c(=O)[nH]c(=O)n2C. The lowest BCUT2D eigenvalue weighted by molar-refractivity contribution is 0.627. The molecule has 3 aromatic rings. The number of benzene rings is 1. The molecule has 0 amide bonds. The van der Waals surface area contributed by atoms with Crippen molar-refractivity contribution in [2.24, 2.45) is 7.05 Å². The van der Waals surface area contributed by atoms with Gasteiger partial charge >= 0.3 is 5.69 Å². The van der Waals surface area contributed by atoms with Gasteiger partial charge in [0.15, 0.2) is 11.2 Å². The number of nitrogens with zero attached hydrogens (tertiary/aromatic N) is 5. The number of allylic oxidation sites excluding steroid dienone is 2. The van der Waals surface area contributed by atoms with Crippen molar-refractivity contribution in [3.8, 4) is 0 Å². The molecule has 1 N–H and O–H groups in total. The highest BCUT2D eigenvalue weighted by atomic mass is 35.5. The maximum Gasteiger partial charge on any atom is 0.329 e. The van der Waals surface area contributed by atoms with E-state index < -0.39 is 11.2 Å². The normalized spacial score (nSPS) is 15.3. The molecule has 0 spiro atoms. The summed E-state index contributed by atoms with van der Waals surface area (Å²) in [4.78, 5) is 36.1. The minimum Gasteiger partial charge on any atom is -0.368 e. The first-order chi connectivity index (χ1) is 14.0. The average molecular weight is 415 g/mol. The molecule has 0 radical (unpaired) electrons. The number of rotatable bonds is 4. The van der Waals surface area contributed by atoms with Crippen molar-refractivity contribution >= 4 is 34.4 Å². The number of anilines is 2. The zero-order valence-electron chi connectivity index (χ0n) is 16.4. The quantitative estimate of drug-likeness (QED) is 0.705. The number of halogens is 1. The zero-order valence-corrected chi connectivity index (χ0v) is 17.2. The van der Waals surface area contributed by atoms with Crippen molar-refractivity contribution < 1.29 is 0 Å². The first-order valence-corrected chi connectivity index (χ1v) is 9.90. The van der Waals surface area contributed by atoms with Crippen molar-refractivity contribution in [2.75, 3.05) is 36.0 Å². The average Bonchev–Trinajstić information content (AvgIpc) is 3.11. The molecule has 29 heavy (non-hydrogen) atoms. The maximum absolute atomic E-state index is 12.5. The molecule has 2 aromatic heterocycles. The van der Waals surface area contributed by atoms with Crippen LogP contribution in [0.1, 0.15) is 6.92 Å². The molecule has 152 valence electrons. The molecule has 9 heteroatoms. The van der Waals surface area contributed by atoms with Gasteiger partial charge in [0.1, 0.15) is 0 Å². The number of piperazine rings is 1. The number of imidazole rings is 1. The molecule has 1 fully saturated rings. The van der Waals surface area contributed by atoms with E-state index >= 15 is 0 Å². The van der Waals surface area contributed by atoms with E-state index in [9.17, 15) is 9.59 Å². The number of fused-ring (bicyclic) bond motifs is 1. The standard InChI is InChI=1S/C20H23ClN6O2/c1-14(21)8-9-27-16-17(24(2)20(29)23-18(16)28)22-19(27)26-12-10-25(11-13-26)15-6-4-3-5-7-15/h3-8H,9-13H2,1-2H3,(H,23,28,29). The highest BCUT2D eigenvalue weighted by Gasteiger charge is 2.24. The minimum absolute atomic E-state index is 0.375. The van der Waals surface area contributed by atoms with E-state index in [2.05, 4.69) is 31.9 Å². The van der Waals surface area contributed by atoms with Crippen LogP contribution in [0.3, 0.4) is 0 Å². The Morgan fingerprint density at radius 1 is 1.14 bits per heavy atom. The van der Waals surface area contributed by atoms with Crippen molar-refractivity contribution in [3.05, 3.63) is 62.3 Å². The Hall–Kier alpha value is -3.00. The molecule has 0 unspecified atom stereocenters. The van der Waals surface area contributed by atoms with Crippen LogP contribution in [0.2, 0.25) is 0 Å². The highest BCUT2D eigenvalue weighted by molar-refractivity contribution is 6.29. The number of nitrogens with one attached hydrogen (secondary N) is 1. The fourth-order valence-corrected chi connectivity index (χ4v) is 3.73. The summed E-state index contributed by atoms with van der Waals surface area (Å²) in [5, 5.41) is 0.632. The smallest absolute Gasteiger partial charge is 0.329 e. The summed E-state index contributed by atoms with van der Waals surface area (Å²) < 4.78 is 3.20. The van der Waals surface area contributed by atoms with E-state index in [1.54, 1.807) is 14.0 Å². The van der Waals surface area contributed by atoms with Crippen molar-refractivity contribution in [1.82, 2.24) is 19.1 Å². The van der Waals surface area contributed by atoms with Gasteiger partial charge in [-0.3, -0.25) is 14.3 Å². The van der Waals surface area contributed by atoms with Gasteiger partial charge in [-0.1, -0.05) is 35.9 Å². The predicted octanol–water partition coefficient (Wildman–Crippen LogP) is 1.89. The van der Waals surface area contributed by atoms with Gasteiger partial charge in [-0.15, -0.1) is 0 Å². The largest absolute Gasteiger partial charge is 0.368 e. The summed E-state index contributed by atoms with van der Waals surface area (Å²) in [5.41, 5.74) is 1.03. The minimum atomic E-state index is -0.475. The van der Waals surface area contributed by atoms with E-state index in [4.69, 9.17) is 11.6 Å². The van der Waals surface area contributed by atoms with E-state index in [1.807, 2.05) is 28.8 Å². The molecule has 0 aliphatic carbocycles. The number of H-pyrrole nitrogens is 1. The van der Waals surface area contributed by atoms with Crippen molar-refractivity contribution in [3.63, 3.8) is 0 Å². The van der Waals surface area contributed by atoms with E-state index in [1.165, 1.54) is 10.3 Å². The number of aryl methyl sites for hydroxylation is 1. The third-order valence-corrected chi connectivity index (χ3v) is 5.38. The number of para-hydroxylation sites is 1. The Kier molecular flexibility index (Phi) is 5.19. The first kappa shape index (κ1) is 19.3. The Bertz CT molecular complexity index is 1170. The van der Waals surface area contributed by atoms with Gasteiger partial charge in [-0.25, -0.2) is 4.79 Å². The number of hydrogen-bond acceptors (Lipinski definition) is 5. The summed E-state index contributed by atoms with van der Waals surface area (Å²) in [6.45, 7) is 5.39. The fourth-order valence-electron chi connectivity index (χ4n) is 3.66. The summed E-state index contributed by atoms with van der Waals surface area (Å²) in [5.74, 6) is 0.675. The van der Waals surface area contributed by atoms with Crippen LogP contribution in [0.4, 0.5) is 11.6 Å². The summed E-state index contributed by atoms with van der Waals surface area (Å²) in [6.07, 6.45) is 1.83. The monoisotopic (exact) mass is 414 g/mol. The molecule has 0 bridgehead atoms. The molecule has 1 aliphatic heterocycles. The van der Waals surface area contributed by atoms with Crippen LogP contribution in [0.15, 0.2) is 51.0 Å². The van der Waals surface area contributed by atoms with Gasteiger partial charge in [0.05, 0.1) is 0 Å². The van der Waals surface area contributed by atoms with Crippen molar-refractivity contribution in [2.45, 2.75) is 13.5 Å². The van der Waals surface area contributed by atoms with E-state index in [0.717, 1.165) is 26.2 Å². The molecular formula is C20H23ClN6O2. The van der Waals surface area contributed by atoms with Crippen LogP contribution >= 0.6 is 11.6 Å². The van der Waals surface area contributed by atoms with Crippen LogP contribution in [0.25, 0.3) is 11.2 Å². The van der Waals surface area contributed by atoms with Gasteiger partial charge in [-0.05, 0) is 19.1 Å². The van der Waals surface area contributed by atoms with E-state index in [0.29, 0.717) is 28.7 Å². The fraction of sp³-hybridized carbons (Fsp3) is 0.350. The molecule has 0 atom stereocenters. The van der Waals surface area contributed by atoms with Crippen LogP contribution in [0.5, 0.6) is 0 Å². The van der Waals surface area contributed by atoms with Gasteiger partial charge in [0.25, 0.3) is 5.56 Å². The third kappa shape index (κ3) is 3.67. The summed E-state index contributed by atoms with van der Waals surface area (Å²) >= 11 is 6.03. The number of hydrogen-bond donors (Lipinski definition) is 1. The van der Waals surface area contributed by atoms with Gasteiger partial charge in [0.2, 0.25) is 5.95 Å². The molecule has 3 heterocycles.